The third-order valence-electron chi connectivity index (χ3n) is 2.86. The van der Waals surface area contributed by atoms with E-state index < -0.39 is 0 Å². The molecule has 14 heavy (non-hydrogen) atoms. The molecule has 1 unspecified atom stereocenters. The first-order valence-electron chi connectivity index (χ1n) is 5.13. The second kappa shape index (κ2) is 4.34. The van der Waals surface area contributed by atoms with Crippen molar-refractivity contribution < 1.29 is 9.59 Å². The SMILES string of the molecule is O=C1CCN(CC2CCSC2)C(=O)C1. The zero-order valence-electron chi connectivity index (χ0n) is 8.20. The highest BCUT2D eigenvalue weighted by Crippen LogP contribution is 2.25. The van der Waals surface area contributed by atoms with E-state index in [0.29, 0.717) is 18.9 Å². The minimum atomic E-state index is 0.0400. The molecular formula is C10H15NO2S. The minimum absolute atomic E-state index is 0.0400. The Morgan fingerprint density at radius 2 is 2.29 bits per heavy atom. The number of rotatable bonds is 2. The van der Waals surface area contributed by atoms with Crippen LogP contribution in [0.1, 0.15) is 19.3 Å². The molecule has 2 aliphatic rings. The van der Waals surface area contributed by atoms with Crippen molar-refractivity contribution in [3.63, 3.8) is 0 Å². The molecule has 2 saturated heterocycles. The van der Waals surface area contributed by atoms with E-state index in [-0.39, 0.29) is 18.1 Å². The van der Waals surface area contributed by atoms with Crippen LogP contribution >= 0.6 is 11.8 Å². The highest BCUT2D eigenvalue weighted by atomic mass is 32.2. The highest BCUT2D eigenvalue weighted by molar-refractivity contribution is 7.99. The number of carbonyl (C=O) groups excluding carboxylic acids is 2. The maximum absolute atomic E-state index is 11.5. The number of likely N-dealkylation sites (tertiary alicyclic amines) is 1. The summed E-state index contributed by atoms with van der Waals surface area (Å²) in [4.78, 5) is 24.4. The fraction of sp³-hybridized carbons (Fsp3) is 0.800. The second-order valence-electron chi connectivity index (χ2n) is 4.03. The van der Waals surface area contributed by atoms with Gasteiger partial charge in [0.2, 0.25) is 5.91 Å². The number of hydrogen-bond acceptors (Lipinski definition) is 3. The zero-order chi connectivity index (χ0) is 9.97. The molecule has 78 valence electrons. The normalized spacial score (nSPS) is 28.6. The Labute approximate surface area is 88.2 Å². The highest BCUT2D eigenvalue weighted by Gasteiger charge is 2.27. The van der Waals surface area contributed by atoms with Gasteiger partial charge in [-0.2, -0.15) is 11.8 Å². The zero-order valence-corrected chi connectivity index (χ0v) is 9.02. The summed E-state index contributed by atoms with van der Waals surface area (Å²) in [6.07, 6.45) is 1.92. The van der Waals surface area contributed by atoms with E-state index >= 15 is 0 Å². The van der Waals surface area contributed by atoms with Crippen molar-refractivity contribution >= 4 is 23.5 Å². The Hall–Kier alpha value is -0.510. The van der Waals surface area contributed by atoms with Gasteiger partial charge in [-0.05, 0) is 23.8 Å². The predicted octanol–water partition coefficient (Wildman–Crippen LogP) is 0.931. The number of hydrogen-bond donors (Lipinski definition) is 0. The van der Waals surface area contributed by atoms with Crippen molar-refractivity contribution in [2.24, 2.45) is 5.92 Å². The number of amides is 1. The van der Waals surface area contributed by atoms with Crippen molar-refractivity contribution in [1.82, 2.24) is 4.90 Å². The smallest absolute Gasteiger partial charge is 0.230 e. The third kappa shape index (κ3) is 2.29. The van der Waals surface area contributed by atoms with Gasteiger partial charge in [-0.1, -0.05) is 0 Å². The van der Waals surface area contributed by atoms with Crippen LogP contribution in [0.4, 0.5) is 0 Å². The van der Waals surface area contributed by atoms with Crippen LogP contribution in [0.3, 0.4) is 0 Å². The van der Waals surface area contributed by atoms with E-state index in [1.54, 1.807) is 0 Å². The molecule has 0 N–H and O–H groups in total. The Bertz CT molecular complexity index is 249. The first kappa shape index (κ1) is 10.0. The molecule has 0 aromatic rings. The van der Waals surface area contributed by atoms with Gasteiger partial charge in [0.15, 0.2) is 0 Å². The molecule has 2 heterocycles. The van der Waals surface area contributed by atoms with Crippen LogP contribution in [0.15, 0.2) is 0 Å². The molecule has 0 spiro atoms. The molecule has 0 aromatic heterocycles. The molecule has 0 radical (unpaired) electrons. The molecule has 1 atom stereocenters. The Morgan fingerprint density at radius 3 is 2.93 bits per heavy atom. The molecule has 0 aromatic carbocycles. The average molecular weight is 213 g/mol. The lowest BCUT2D eigenvalue weighted by Gasteiger charge is -2.28. The van der Waals surface area contributed by atoms with Crippen LogP contribution in [0, 0.1) is 5.92 Å². The molecule has 0 aliphatic carbocycles. The summed E-state index contributed by atoms with van der Waals surface area (Å²) in [6, 6.07) is 0. The minimum Gasteiger partial charge on any atom is -0.342 e. The molecule has 1 amide bonds. The van der Waals surface area contributed by atoms with Crippen molar-refractivity contribution in [3.8, 4) is 0 Å². The lowest BCUT2D eigenvalue weighted by atomic mass is 10.0. The lowest BCUT2D eigenvalue weighted by Crippen LogP contribution is -2.41. The van der Waals surface area contributed by atoms with Crippen LogP contribution in [0.2, 0.25) is 0 Å². The Kier molecular flexibility index (Phi) is 3.11. The molecule has 2 rings (SSSR count). The summed E-state index contributed by atoms with van der Waals surface area (Å²) in [5, 5.41) is 0. The second-order valence-corrected chi connectivity index (χ2v) is 5.18. The van der Waals surface area contributed by atoms with Gasteiger partial charge in [0, 0.05) is 19.5 Å². The number of thioether (sulfide) groups is 1. The summed E-state index contributed by atoms with van der Waals surface area (Å²) in [5.41, 5.74) is 0. The molecule has 2 aliphatic heterocycles. The van der Waals surface area contributed by atoms with E-state index in [4.69, 9.17) is 0 Å². The van der Waals surface area contributed by atoms with E-state index in [1.807, 2.05) is 16.7 Å². The van der Waals surface area contributed by atoms with Gasteiger partial charge in [0.05, 0.1) is 6.42 Å². The summed E-state index contributed by atoms with van der Waals surface area (Å²) in [5.74, 6) is 3.21. The molecule has 0 bridgehead atoms. The molecule has 2 fully saturated rings. The monoisotopic (exact) mass is 213 g/mol. The summed E-state index contributed by atoms with van der Waals surface area (Å²) in [7, 11) is 0. The van der Waals surface area contributed by atoms with Gasteiger partial charge >= 0.3 is 0 Å². The van der Waals surface area contributed by atoms with Crippen molar-refractivity contribution in [2.75, 3.05) is 24.6 Å². The number of piperidine rings is 1. The number of Topliss-reactive ketones (excluding diaryl/α,β-unsaturated/α-hetero) is 1. The molecule has 0 saturated carbocycles. The van der Waals surface area contributed by atoms with Crippen LogP contribution in [0.25, 0.3) is 0 Å². The van der Waals surface area contributed by atoms with E-state index in [2.05, 4.69) is 0 Å². The fourth-order valence-electron chi connectivity index (χ4n) is 1.99. The van der Waals surface area contributed by atoms with Crippen LogP contribution in [0.5, 0.6) is 0 Å². The number of carbonyl (C=O) groups is 2. The number of nitrogens with zero attached hydrogens (tertiary/aromatic N) is 1. The average Bonchev–Trinajstić information content (AvgIpc) is 2.62. The van der Waals surface area contributed by atoms with Gasteiger partial charge in [-0.3, -0.25) is 9.59 Å². The first-order valence-corrected chi connectivity index (χ1v) is 6.28. The topological polar surface area (TPSA) is 37.4 Å². The van der Waals surface area contributed by atoms with Crippen LogP contribution in [-0.2, 0) is 9.59 Å². The molecule has 3 nitrogen and oxygen atoms in total. The number of ketones is 1. The van der Waals surface area contributed by atoms with Crippen molar-refractivity contribution in [2.45, 2.75) is 19.3 Å². The summed E-state index contributed by atoms with van der Waals surface area (Å²) < 4.78 is 0. The van der Waals surface area contributed by atoms with Crippen molar-refractivity contribution in [1.29, 1.82) is 0 Å². The standard InChI is InChI=1S/C10H15NO2S/c12-9-1-3-11(10(13)5-9)6-8-2-4-14-7-8/h8H,1-7H2. The third-order valence-corrected chi connectivity index (χ3v) is 4.10. The Morgan fingerprint density at radius 1 is 1.43 bits per heavy atom. The van der Waals surface area contributed by atoms with Gasteiger partial charge in [0.1, 0.15) is 5.78 Å². The fourth-order valence-corrected chi connectivity index (χ4v) is 3.26. The quantitative estimate of drug-likeness (QED) is 0.640. The van der Waals surface area contributed by atoms with E-state index in [0.717, 1.165) is 6.54 Å². The molecular weight excluding hydrogens is 198 g/mol. The summed E-state index contributed by atoms with van der Waals surface area (Å²) in [6.45, 7) is 1.53. The largest absolute Gasteiger partial charge is 0.342 e. The van der Waals surface area contributed by atoms with Gasteiger partial charge in [-0.15, -0.1) is 0 Å². The maximum atomic E-state index is 11.5. The van der Waals surface area contributed by atoms with Gasteiger partial charge < -0.3 is 4.90 Å². The predicted molar refractivity (Wildman–Crippen MR) is 56.3 cm³/mol. The van der Waals surface area contributed by atoms with Gasteiger partial charge in [-0.25, -0.2) is 0 Å². The maximum Gasteiger partial charge on any atom is 0.230 e. The van der Waals surface area contributed by atoms with Crippen LogP contribution < -0.4 is 0 Å². The van der Waals surface area contributed by atoms with Gasteiger partial charge in [0.25, 0.3) is 0 Å². The van der Waals surface area contributed by atoms with E-state index in [9.17, 15) is 9.59 Å². The Balaban J connectivity index is 1.85. The van der Waals surface area contributed by atoms with Crippen LogP contribution in [-0.4, -0.2) is 41.2 Å². The molecule has 4 heteroatoms. The van der Waals surface area contributed by atoms with Crippen molar-refractivity contribution in [3.05, 3.63) is 0 Å². The van der Waals surface area contributed by atoms with E-state index in [1.165, 1.54) is 17.9 Å². The first-order chi connectivity index (χ1) is 6.75. The lowest BCUT2D eigenvalue weighted by molar-refractivity contribution is -0.139. The summed E-state index contributed by atoms with van der Waals surface area (Å²) >= 11 is 1.97.